The average molecular weight is 373 g/mol. The Labute approximate surface area is 162 Å². The molecule has 2 fully saturated rings. The van der Waals surface area contributed by atoms with E-state index in [1.54, 1.807) is 7.11 Å². The first kappa shape index (κ1) is 19.5. The quantitative estimate of drug-likeness (QED) is 0.768. The number of likely N-dealkylation sites (tertiary alicyclic amines) is 1. The zero-order chi connectivity index (χ0) is 19.2. The number of para-hydroxylation sites is 2. The van der Waals surface area contributed by atoms with Crippen LogP contribution in [0.4, 0.5) is 5.69 Å². The van der Waals surface area contributed by atoms with Crippen molar-refractivity contribution in [3.63, 3.8) is 0 Å². The molecule has 1 atom stereocenters. The van der Waals surface area contributed by atoms with Crippen LogP contribution in [0.5, 0.6) is 5.75 Å². The zero-order valence-corrected chi connectivity index (χ0v) is 16.5. The van der Waals surface area contributed by atoms with E-state index in [2.05, 4.69) is 11.0 Å². The second-order valence-electron chi connectivity index (χ2n) is 7.64. The van der Waals surface area contributed by atoms with Crippen molar-refractivity contribution in [2.24, 2.45) is 5.92 Å². The van der Waals surface area contributed by atoms with E-state index in [0.29, 0.717) is 25.9 Å². The first-order valence-corrected chi connectivity index (χ1v) is 10.0. The molecule has 27 heavy (non-hydrogen) atoms. The molecule has 2 amide bonds. The van der Waals surface area contributed by atoms with Gasteiger partial charge < -0.3 is 19.4 Å². The summed E-state index contributed by atoms with van der Waals surface area (Å²) >= 11 is 0. The molecule has 6 heteroatoms. The molecule has 148 valence electrons. The monoisotopic (exact) mass is 373 g/mol. The van der Waals surface area contributed by atoms with Crippen molar-refractivity contribution in [1.82, 2.24) is 9.80 Å². The van der Waals surface area contributed by atoms with Gasteiger partial charge in [0.1, 0.15) is 5.75 Å². The fraction of sp³-hybridized carbons (Fsp3) is 0.619. The summed E-state index contributed by atoms with van der Waals surface area (Å²) in [5.74, 6) is 1.33. The molecular weight excluding hydrogens is 342 g/mol. The Bertz CT molecular complexity index is 650. The smallest absolute Gasteiger partial charge is 0.222 e. The van der Waals surface area contributed by atoms with Gasteiger partial charge in [-0.2, -0.15) is 0 Å². The predicted molar refractivity (Wildman–Crippen MR) is 106 cm³/mol. The summed E-state index contributed by atoms with van der Waals surface area (Å²) in [5, 5.41) is 0. The summed E-state index contributed by atoms with van der Waals surface area (Å²) in [5.41, 5.74) is 1.08. The number of amides is 2. The molecule has 2 aliphatic heterocycles. The van der Waals surface area contributed by atoms with Crippen LogP contribution in [0, 0.1) is 5.92 Å². The van der Waals surface area contributed by atoms with Gasteiger partial charge in [-0.25, -0.2) is 0 Å². The topological polar surface area (TPSA) is 53.1 Å². The molecule has 1 aromatic carbocycles. The molecule has 2 aliphatic rings. The van der Waals surface area contributed by atoms with Gasteiger partial charge in [-0.15, -0.1) is 0 Å². The summed E-state index contributed by atoms with van der Waals surface area (Å²) in [4.78, 5) is 31.0. The standard InChI is InChI=1S/C21H31N3O3/c1-17(15-20(25)23-9-5-6-10-23)16-21(26)24-13-11-22(12-14-24)18-7-3-4-8-19(18)27-2/h3-4,7-8,17H,5-6,9-16H2,1-2H3. The zero-order valence-electron chi connectivity index (χ0n) is 16.5. The first-order valence-electron chi connectivity index (χ1n) is 10.0. The molecule has 0 saturated carbocycles. The van der Waals surface area contributed by atoms with E-state index in [-0.39, 0.29) is 17.7 Å². The maximum Gasteiger partial charge on any atom is 0.222 e. The van der Waals surface area contributed by atoms with Crippen molar-refractivity contribution in [1.29, 1.82) is 0 Å². The highest BCUT2D eigenvalue weighted by Gasteiger charge is 2.26. The number of anilines is 1. The van der Waals surface area contributed by atoms with Gasteiger partial charge >= 0.3 is 0 Å². The molecule has 0 radical (unpaired) electrons. The Hall–Kier alpha value is -2.24. The normalized spacial score (nSPS) is 18.5. The van der Waals surface area contributed by atoms with Crippen LogP contribution in [0.15, 0.2) is 24.3 Å². The minimum absolute atomic E-state index is 0.0952. The molecule has 0 bridgehead atoms. The molecule has 0 aliphatic carbocycles. The lowest BCUT2D eigenvalue weighted by Crippen LogP contribution is -2.49. The molecular formula is C21H31N3O3. The van der Waals surface area contributed by atoms with E-state index in [0.717, 1.165) is 50.5 Å². The number of hydrogen-bond donors (Lipinski definition) is 0. The fourth-order valence-electron chi connectivity index (χ4n) is 3.98. The van der Waals surface area contributed by atoms with Gasteiger partial charge in [-0.3, -0.25) is 9.59 Å². The highest BCUT2D eigenvalue weighted by molar-refractivity contribution is 5.80. The van der Waals surface area contributed by atoms with E-state index in [9.17, 15) is 9.59 Å². The highest BCUT2D eigenvalue weighted by atomic mass is 16.5. The molecule has 2 saturated heterocycles. The van der Waals surface area contributed by atoms with E-state index in [1.807, 2.05) is 34.9 Å². The Morgan fingerprint density at radius 3 is 2.07 bits per heavy atom. The SMILES string of the molecule is COc1ccccc1N1CCN(C(=O)CC(C)CC(=O)N2CCCC2)CC1. The Morgan fingerprint density at radius 2 is 1.48 bits per heavy atom. The lowest BCUT2D eigenvalue weighted by molar-refractivity contribution is -0.134. The molecule has 0 spiro atoms. The van der Waals surface area contributed by atoms with Crippen molar-refractivity contribution < 1.29 is 14.3 Å². The van der Waals surface area contributed by atoms with Gasteiger partial charge in [0.25, 0.3) is 0 Å². The molecule has 3 rings (SSSR count). The molecule has 2 heterocycles. The van der Waals surface area contributed by atoms with E-state index in [1.165, 1.54) is 0 Å². The van der Waals surface area contributed by atoms with Crippen molar-refractivity contribution in [3.05, 3.63) is 24.3 Å². The maximum absolute atomic E-state index is 12.6. The lowest BCUT2D eigenvalue weighted by atomic mass is 10.0. The third kappa shape index (κ3) is 4.93. The summed E-state index contributed by atoms with van der Waals surface area (Å²) < 4.78 is 5.45. The van der Waals surface area contributed by atoms with E-state index in [4.69, 9.17) is 4.74 Å². The molecule has 6 nitrogen and oxygen atoms in total. The van der Waals surface area contributed by atoms with Crippen LogP contribution in [0.3, 0.4) is 0 Å². The van der Waals surface area contributed by atoms with Gasteiger partial charge in [0.05, 0.1) is 12.8 Å². The summed E-state index contributed by atoms with van der Waals surface area (Å²) in [6.45, 7) is 6.79. The third-order valence-electron chi connectivity index (χ3n) is 5.56. The van der Waals surface area contributed by atoms with Gasteiger partial charge in [0.2, 0.25) is 11.8 Å². The van der Waals surface area contributed by atoms with Crippen LogP contribution < -0.4 is 9.64 Å². The largest absolute Gasteiger partial charge is 0.495 e. The third-order valence-corrected chi connectivity index (χ3v) is 5.56. The maximum atomic E-state index is 12.6. The van der Waals surface area contributed by atoms with Crippen molar-refractivity contribution >= 4 is 17.5 Å². The Balaban J connectivity index is 1.46. The number of nitrogens with zero attached hydrogens (tertiary/aromatic N) is 3. The number of rotatable bonds is 6. The second kappa shape index (κ2) is 9.11. The average Bonchev–Trinajstić information content (AvgIpc) is 3.23. The number of benzene rings is 1. The number of hydrogen-bond acceptors (Lipinski definition) is 4. The number of carbonyl (C=O) groups is 2. The van der Waals surface area contributed by atoms with Crippen LogP contribution >= 0.6 is 0 Å². The summed E-state index contributed by atoms with van der Waals surface area (Å²) in [6, 6.07) is 8.00. The summed E-state index contributed by atoms with van der Waals surface area (Å²) in [7, 11) is 1.68. The number of carbonyl (C=O) groups excluding carboxylic acids is 2. The number of piperazine rings is 1. The number of ether oxygens (including phenoxy) is 1. The Kier molecular flexibility index (Phi) is 6.58. The minimum Gasteiger partial charge on any atom is -0.495 e. The molecule has 1 unspecified atom stereocenters. The van der Waals surface area contributed by atoms with Crippen LogP contribution in [-0.2, 0) is 9.59 Å². The van der Waals surface area contributed by atoms with Crippen LogP contribution in [0.2, 0.25) is 0 Å². The molecule has 0 aromatic heterocycles. The van der Waals surface area contributed by atoms with E-state index < -0.39 is 0 Å². The van der Waals surface area contributed by atoms with Crippen LogP contribution in [0.25, 0.3) is 0 Å². The predicted octanol–water partition coefficient (Wildman–Crippen LogP) is 2.38. The lowest BCUT2D eigenvalue weighted by Gasteiger charge is -2.37. The first-order chi connectivity index (χ1) is 13.1. The van der Waals surface area contributed by atoms with E-state index >= 15 is 0 Å². The number of methoxy groups -OCH3 is 1. The Morgan fingerprint density at radius 1 is 0.926 bits per heavy atom. The highest BCUT2D eigenvalue weighted by Crippen LogP contribution is 2.28. The summed E-state index contributed by atoms with van der Waals surface area (Å²) in [6.07, 6.45) is 3.15. The second-order valence-corrected chi connectivity index (χ2v) is 7.64. The van der Waals surface area contributed by atoms with Crippen molar-refractivity contribution in [3.8, 4) is 5.75 Å². The van der Waals surface area contributed by atoms with Crippen molar-refractivity contribution in [2.75, 3.05) is 51.3 Å². The van der Waals surface area contributed by atoms with Gasteiger partial charge in [-0.05, 0) is 30.9 Å². The van der Waals surface area contributed by atoms with Gasteiger partial charge in [0, 0.05) is 52.1 Å². The van der Waals surface area contributed by atoms with Crippen LogP contribution in [-0.4, -0.2) is 68.0 Å². The molecule has 0 N–H and O–H groups in total. The fourth-order valence-corrected chi connectivity index (χ4v) is 3.98. The van der Waals surface area contributed by atoms with Crippen LogP contribution in [0.1, 0.15) is 32.6 Å². The minimum atomic E-state index is 0.0952. The van der Waals surface area contributed by atoms with Crippen molar-refractivity contribution in [2.45, 2.75) is 32.6 Å². The van der Waals surface area contributed by atoms with Gasteiger partial charge in [0.15, 0.2) is 0 Å². The van der Waals surface area contributed by atoms with Gasteiger partial charge in [-0.1, -0.05) is 19.1 Å². The molecule has 1 aromatic rings.